The normalized spacial score (nSPS) is 8.75. The van der Waals surface area contributed by atoms with E-state index >= 15 is 0 Å². The smallest absolute Gasteiger partial charge is 0.287 e. The van der Waals surface area contributed by atoms with Gasteiger partial charge in [0.1, 0.15) is 11.9 Å². The highest BCUT2D eigenvalue weighted by Gasteiger charge is 1.99. The van der Waals surface area contributed by atoms with Gasteiger partial charge in [-0.25, -0.2) is 0 Å². The zero-order valence-corrected chi connectivity index (χ0v) is 8.35. The Morgan fingerprint density at radius 3 is 2.12 bits per heavy atom. The van der Waals surface area contributed by atoms with E-state index in [2.05, 4.69) is 4.98 Å². The fourth-order valence-corrected chi connectivity index (χ4v) is 0.890. The van der Waals surface area contributed by atoms with Crippen LogP contribution >= 0.6 is 0 Å². The second-order valence-electron chi connectivity index (χ2n) is 2.80. The predicted molar refractivity (Wildman–Crippen MR) is 59.0 cm³/mol. The molecule has 0 bridgehead atoms. The minimum atomic E-state index is -0.479. The van der Waals surface area contributed by atoms with E-state index in [0.717, 1.165) is 0 Å². The van der Waals surface area contributed by atoms with Gasteiger partial charge >= 0.3 is 0 Å². The number of hydrogen-bond donors (Lipinski definition) is 1. The first-order chi connectivity index (χ1) is 7.70. The highest BCUT2D eigenvalue weighted by Crippen LogP contribution is 2.04. The van der Waals surface area contributed by atoms with Gasteiger partial charge in [0.05, 0.1) is 4.92 Å². The molecule has 0 atom stereocenters. The molecule has 0 aliphatic rings. The molecule has 0 unspecified atom stereocenters. The first-order valence-corrected chi connectivity index (χ1v) is 4.48. The van der Waals surface area contributed by atoms with Gasteiger partial charge in [-0.15, -0.1) is 0 Å². The van der Waals surface area contributed by atoms with Crippen molar-refractivity contribution in [2.45, 2.75) is 0 Å². The van der Waals surface area contributed by atoms with Crippen LogP contribution in [0.2, 0.25) is 0 Å². The Kier molecular flexibility index (Phi) is 4.46. The van der Waals surface area contributed by atoms with Crippen LogP contribution in [0.1, 0.15) is 0 Å². The molecule has 5 heteroatoms. The number of phenols is 1. The maximum Gasteiger partial charge on any atom is 0.287 e. The van der Waals surface area contributed by atoms with Crippen molar-refractivity contribution in [1.82, 2.24) is 4.98 Å². The molecule has 0 amide bonds. The van der Waals surface area contributed by atoms with E-state index in [-0.39, 0.29) is 5.69 Å². The van der Waals surface area contributed by atoms with Crippen LogP contribution in [-0.4, -0.2) is 15.0 Å². The number of para-hydroxylation sites is 1. The molecule has 1 heterocycles. The molecular formula is C11H10N2O3. The molecule has 1 N–H and O–H groups in total. The third-order valence-corrected chi connectivity index (χ3v) is 1.61. The first kappa shape index (κ1) is 11.6. The topological polar surface area (TPSA) is 76.3 Å². The number of aromatic hydroxyl groups is 1. The predicted octanol–water partition coefficient (Wildman–Crippen LogP) is 2.38. The molecule has 1 aromatic heterocycles. The Labute approximate surface area is 92.2 Å². The van der Waals surface area contributed by atoms with Gasteiger partial charge in [0.2, 0.25) is 0 Å². The van der Waals surface area contributed by atoms with Crippen molar-refractivity contribution < 1.29 is 10.0 Å². The fraction of sp³-hybridized carbons (Fsp3) is 0. The second kappa shape index (κ2) is 6.13. The van der Waals surface area contributed by atoms with Crippen LogP contribution < -0.4 is 0 Å². The summed E-state index contributed by atoms with van der Waals surface area (Å²) < 4.78 is 0. The van der Waals surface area contributed by atoms with Crippen LogP contribution in [0.5, 0.6) is 5.75 Å². The molecule has 16 heavy (non-hydrogen) atoms. The highest BCUT2D eigenvalue weighted by molar-refractivity contribution is 5.23. The average Bonchev–Trinajstić information content (AvgIpc) is 2.32. The summed E-state index contributed by atoms with van der Waals surface area (Å²) in [5.74, 6) is 0.322. The van der Waals surface area contributed by atoms with E-state index in [4.69, 9.17) is 5.11 Å². The van der Waals surface area contributed by atoms with Gasteiger partial charge in [-0.3, -0.25) is 15.1 Å². The van der Waals surface area contributed by atoms with Crippen molar-refractivity contribution in [1.29, 1.82) is 0 Å². The minimum Gasteiger partial charge on any atom is -0.508 e. The first-order valence-electron chi connectivity index (χ1n) is 4.48. The van der Waals surface area contributed by atoms with Crippen LogP contribution in [0.15, 0.2) is 54.9 Å². The quantitative estimate of drug-likeness (QED) is 0.588. The molecule has 1 aromatic carbocycles. The van der Waals surface area contributed by atoms with Crippen LogP contribution in [0, 0.1) is 10.1 Å². The van der Waals surface area contributed by atoms with Crippen molar-refractivity contribution in [2.24, 2.45) is 0 Å². The lowest BCUT2D eigenvalue weighted by atomic mass is 10.3. The van der Waals surface area contributed by atoms with Crippen LogP contribution in [-0.2, 0) is 0 Å². The number of aromatic nitrogens is 1. The molecule has 2 aromatic rings. The summed E-state index contributed by atoms with van der Waals surface area (Å²) in [6.45, 7) is 0. The Bertz CT molecular complexity index is 431. The van der Waals surface area contributed by atoms with Crippen LogP contribution in [0.25, 0.3) is 0 Å². The molecule has 0 fully saturated rings. The van der Waals surface area contributed by atoms with Crippen molar-refractivity contribution in [3.8, 4) is 5.75 Å². The summed E-state index contributed by atoms with van der Waals surface area (Å²) in [4.78, 5) is 13.1. The molecule has 0 saturated carbocycles. The molecule has 0 spiro atoms. The van der Waals surface area contributed by atoms with E-state index in [0.29, 0.717) is 5.75 Å². The zero-order valence-electron chi connectivity index (χ0n) is 8.35. The minimum absolute atomic E-state index is 0.0255. The summed E-state index contributed by atoms with van der Waals surface area (Å²) in [6.07, 6.45) is 2.70. The summed E-state index contributed by atoms with van der Waals surface area (Å²) >= 11 is 0. The Morgan fingerprint density at radius 2 is 1.81 bits per heavy atom. The van der Waals surface area contributed by atoms with E-state index in [1.165, 1.54) is 24.5 Å². The SMILES string of the molecule is O=[N+]([O-])c1cccnc1.Oc1ccccc1. The van der Waals surface area contributed by atoms with E-state index in [9.17, 15) is 10.1 Å². The number of hydrogen-bond acceptors (Lipinski definition) is 4. The standard InChI is InChI=1S/C6H6O.C5H4N2O2/c7-6-4-2-1-3-5-6;8-7(9)5-2-1-3-6-4-5/h1-5,7H;1-4H. The lowest BCUT2D eigenvalue weighted by Gasteiger charge is -1.84. The molecule has 0 aliphatic carbocycles. The van der Waals surface area contributed by atoms with Crippen molar-refractivity contribution in [3.63, 3.8) is 0 Å². The molecule has 0 saturated heterocycles. The molecule has 2 rings (SSSR count). The average molecular weight is 218 g/mol. The molecule has 82 valence electrons. The van der Waals surface area contributed by atoms with Gasteiger partial charge in [0, 0.05) is 12.3 Å². The summed E-state index contributed by atoms with van der Waals surface area (Å²) in [5.41, 5.74) is 0.0255. The number of phenolic OH excluding ortho intramolecular Hbond substituents is 1. The fourth-order valence-electron chi connectivity index (χ4n) is 0.890. The summed E-state index contributed by atoms with van der Waals surface area (Å²) in [5, 5.41) is 18.6. The summed E-state index contributed by atoms with van der Waals surface area (Å²) in [6, 6.07) is 11.6. The zero-order chi connectivity index (χ0) is 11.8. The number of rotatable bonds is 1. The van der Waals surface area contributed by atoms with Gasteiger partial charge in [-0.2, -0.15) is 0 Å². The van der Waals surface area contributed by atoms with Crippen LogP contribution in [0.4, 0.5) is 5.69 Å². The Morgan fingerprint density at radius 1 is 1.12 bits per heavy atom. The van der Waals surface area contributed by atoms with Gasteiger partial charge < -0.3 is 5.11 Å². The largest absolute Gasteiger partial charge is 0.508 e. The van der Waals surface area contributed by atoms with E-state index in [1.54, 1.807) is 24.3 Å². The third kappa shape index (κ3) is 4.19. The van der Waals surface area contributed by atoms with E-state index in [1.807, 2.05) is 6.07 Å². The maximum atomic E-state index is 9.97. The van der Waals surface area contributed by atoms with Crippen molar-refractivity contribution in [2.75, 3.05) is 0 Å². The third-order valence-electron chi connectivity index (χ3n) is 1.61. The van der Waals surface area contributed by atoms with Crippen molar-refractivity contribution >= 4 is 5.69 Å². The Balaban J connectivity index is 0.000000165. The number of nitrogens with zero attached hydrogens (tertiary/aromatic N) is 2. The van der Waals surface area contributed by atoms with Crippen LogP contribution in [0.3, 0.4) is 0 Å². The lowest BCUT2D eigenvalue weighted by Crippen LogP contribution is -1.86. The number of nitro groups is 1. The summed E-state index contributed by atoms with van der Waals surface area (Å²) in [7, 11) is 0. The maximum absolute atomic E-state index is 9.97. The molecule has 0 aliphatic heterocycles. The highest BCUT2D eigenvalue weighted by atomic mass is 16.6. The molecular weight excluding hydrogens is 208 g/mol. The molecule has 0 radical (unpaired) electrons. The number of pyridine rings is 1. The lowest BCUT2D eigenvalue weighted by molar-refractivity contribution is -0.385. The Hall–Kier alpha value is -2.43. The molecule has 5 nitrogen and oxygen atoms in total. The van der Waals surface area contributed by atoms with Crippen molar-refractivity contribution in [3.05, 3.63) is 65.0 Å². The van der Waals surface area contributed by atoms with Gasteiger partial charge in [-0.05, 0) is 18.2 Å². The van der Waals surface area contributed by atoms with Gasteiger partial charge in [0.25, 0.3) is 5.69 Å². The monoisotopic (exact) mass is 218 g/mol. The van der Waals surface area contributed by atoms with Gasteiger partial charge in [0.15, 0.2) is 0 Å². The number of benzene rings is 1. The van der Waals surface area contributed by atoms with Gasteiger partial charge in [-0.1, -0.05) is 18.2 Å². The van der Waals surface area contributed by atoms with E-state index < -0.39 is 4.92 Å². The second-order valence-corrected chi connectivity index (χ2v) is 2.80.